The van der Waals surface area contributed by atoms with Gasteiger partial charge < -0.3 is 10.2 Å². The number of nitrogens with zero attached hydrogens (tertiary/aromatic N) is 3. The highest BCUT2D eigenvalue weighted by atomic mass is 79.9. The minimum Gasteiger partial charge on any atom is -0.383 e. The molecule has 0 saturated carbocycles. The van der Waals surface area contributed by atoms with E-state index in [1.807, 2.05) is 0 Å². The highest BCUT2D eigenvalue weighted by molar-refractivity contribution is 9.10. The van der Waals surface area contributed by atoms with Crippen molar-refractivity contribution in [1.29, 1.82) is 0 Å². The Morgan fingerprint density at radius 2 is 2.00 bits per heavy atom. The number of anilines is 1. The second-order valence-corrected chi connectivity index (χ2v) is 7.43. The van der Waals surface area contributed by atoms with Gasteiger partial charge in [-0.25, -0.2) is 4.68 Å². The van der Waals surface area contributed by atoms with Crippen molar-refractivity contribution in [3.05, 3.63) is 21.0 Å². The lowest BCUT2D eigenvalue weighted by Crippen LogP contribution is -2.39. The molecule has 6 heteroatoms. The fourth-order valence-corrected chi connectivity index (χ4v) is 3.79. The third-order valence-corrected chi connectivity index (χ3v) is 5.01. The first-order valence-electron chi connectivity index (χ1n) is 8.15. The Labute approximate surface area is 141 Å². The topological polar surface area (TPSA) is 50.2 Å². The number of rotatable bonds is 6. The van der Waals surface area contributed by atoms with Crippen LogP contribution in [0, 0.1) is 11.8 Å². The molecule has 2 rings (SSSR count). The highest BCUT2D eigenvalue weighted by Crippen LogP contribution is 2.21. The van der Waals surface area contributed by atoms with Crippen LogP contribution < -0.4 is 10.9 Å². The Balaban J connectivity index is 1.69. The number of likely N-dealkylation sites (tertiary alicyclic amines) is 1. The molecule has 1 aromatic rings. The number of hydrogen-bond donors (Lipinski definition) is 1. The van der Waals surface area contributed by atoms with Gasteiger partial charge in [-0.15, -0.1) is 0 Å². The van der Waals surface area contributed by atoms with Crippen LogP contribution in [0.25, 0.3) is 0 Å². The summed E-state index contributed by atoms with van der Waals surface area (Å²) < 4.78 is 1.89. The van der Waals surface area contributed by atoms with Gasteiger partial charge in [-0.05, 0) is 53.6 Å². The second-order valence-electron chi connectivity index (χ2n) is 6.64. The fraction of sp³-hybridized carbons (Fsp3) is 0.750. The van der Waals surface area contributed by atoms with Crippen molar-refractivity contribution >= 4 is 21.6 Å². The zero-order valence-electron chi connectivity index (χ0n) is 13.8. The zero-order valence-corrected chi connectivity index (χ0v) is 15.4. The van der Waals surface area contributed by atoms with Crippen LogP contribution in [-0.4, -0.2) is 40.9 Å². The molecule has 2 unspecified atom stereocenters. The summed E-state index contributed by atoms with van der Waals surface area (Å²) in [5.41, 5.74) is 0.671. The largest absolute Gasteiger partial charge is 0.383 e. The Morgan fingerprint density at radius 1 is 1.32 bits per heavy atom. The lowest BCUT2D eigenvalue weighted by Gasteiger charge is -2.34. The van der Waals surface area contributed by atoms with E-state index in [-0.39, 0.29) is 5.56 Å². The van der Waals surface area contributed by atoms with E-state index in [0.717, 1.165) is 30.5 Å². The Bertz CT molecular complexity index is 535. The number of piperidine rings is 1. The predicted molar refractivity (Wildman–Crippen MR) is 94.3 cm³/mol. The summed E-state index contributed by atoms with van der Waals surface area (Å²) in [5, 5.41) is 7.33. The molecule has 124 valence electrons. The molecule has 2 heterocycles. The van der Waals surface area contributed by atoms with Crippen molar-refractivity contribution in [3.8, 4) is 0 Å². The first-order chi connectivity index (χ1) is 10.5. The van der Waals surface area contributed by atoms with Crippen LogP contribution in [0.2, 0.25) is 0 Å². The molecule has 0 aliphatic carbocycles. The third kappa shape index (κ3) is 4.81. The highest BCUT2D eigenvalue weighted by Gasteiger charge is 2.20. The molecule has 1 saturated heterocycles. The van der Waals surface area contributed by atoms with Crippen molar-refractivity contribution in [2.45, 2.75) is 33.1 Å². The molecule has 1 N–H and O–H groups in total. The van der Waals surface area contributed by atoms with Gasteiger partial charge in [0.2, 0.25) is 0 Å². The monoisotopic (exact) mass is 370 g/mol. The minimum absolute atomic E-state index is 0.110. The average Bonchev–Trinajstić information content (AvgIpc) is 2.45. The minimum atomic E-state index is -0.110. The molecule has 5 nitrogen and oxygen atoms in total. The predicted octanol–water partition coefficient (Wildman–Crippen LogP) is 2.71. The van der Waals surface area contributed by atoms with Crippen molar-refractivity contribution in [2.24, 2.45) is 18.9 Å². The molecule has 22 heavy (non-hydrogen) atoms. The number of unbranched alkanes of at least 4 members (excludes halogenated alkanes) is 1. The van der Waals surface area contributed by atoms with Crippen LogP contribution in [0.1, 0.15) is 33.1 Å². The normalized spacial score (nSPS) is 22.7. The van der Waals surface area contributed by atoms with Crippen molar-refractivity contribution in [1.82, 2.24) is 14.7 Å². The van der Waals surface area contributed by atoms with Gasteiger partial charge in [-0.2, -0.15) is 5.10 Å². The summed E-state index contributed by atoms with van der Waals surface area (Å²) in [6.45, 7) is 9.22. The van der Waals surface area contributed by atoms with Gasteiger partial charge in [0.1, 0.15) is 4.47 Å². The molecule has 0 radical (unpaired) electrons. The standard InChI is InChI=1S/C16H27BrN4O/c1-12-8-13(2)11-21(10-12)7-5-4-6-18-14-9-19-20(3)16(22)15(14)17/h9,12-13,18H,4-8,10-11H2,1-3H3. The first-order valence-corrected chi connectivity index (χ1v) is 8.94. The van der Waals surface area contributed by atoms with E-state index < -0.39 is 0 Å². The van der Waals surface area contributed by atoms with Gasteiger partial charge in [-0.3, -0.25) is 4.79 Å². The van der Waals surface area contributed by atoms with Gasteiger partial charge in [0, 0.05) is 26.7 Å². The molecule has 1 fully saturated rings. The lowest BCUT2D eigenvalue weighted by atomic mass is 9.92. The Hall–Kier alpha value is -0.880. The SMILES string of the molecule is CC1CC(C)CN(CCCCNc2cnn(C)c(=O)c2Br)C1. The van der Waals surface area contributed by atoms with Crippen LogP contribution in [0.4, 0.5) is 5.69 Å². The molecule has 0 spiro atoms. The van der Waals surface area contributed by atoms with Crippen LogP contribution in [0.3, 0.4) is 0 Å². The molecule has 1 aliphatic heterocycles. The average molecular weight is 371 g/mol. The Kier molecular flexibility index (Phi) is 6.44. The van der Waals surface area contributed by atoms with Crippen LogP contribution in [-0.2, 0) is 7.05 Å². The summed E-state index contributed by atoms with van der Waals surface area (Å²) in [6, 6.07) is 0. The maximum Gasteiger partial charge on any atom is 0.282 e. The summed E-state index contributed by atoms with van der Waals surface area (Å²) >= 11 is 3.33. The maximum absolute atomic E-state index is 11.8. The van der Waals surface area contributed by atoms with Crippen LogP contribution >= 0.6 is 15.9 Å². The summed E-state index contributed by atoms with van der Waals surface area (Å²) in [7, 11) is 1.65. The van der Waals surface area contributed by atoms with Gasteiger partial charge in [-0.1, -0.05) is 13.8 Å². The van der Waals surface area contributed by atoms with Crippen molar-refractivity contribution in [2.75, 3.05) is 31.5 Å². The molecule has 1 aliphatic rings. The van der Waals surface area contributed by atoms with Crippen molar-refractivity contribution < 1.29 is 0 Å². The molecule has 0 amide bonds. The van der Waals surface area contributed by atoms with Gasteiger partial charge >= 0.3 is 0 Å². The van der Waals surface area contributed by atoms with Gasteiger partial charge in [0.25, 0.3) is 5.56 Å². The van der Waals surface area contributed by atoms with Crippen molar-refractivity contribution in [3.63, 3.8) is 0 Å². The number of hydrogen-bond acceptors (Lipinski definition) is 4. The van der Waals surface area contributed by atoms with E-state index in [4.69, 9.17) is 0 Å². The van der Waals surface area contributed by atoms with E-state index in [1.165, 1.54) is 37.2 Å². The van der Waals surface area contributed by atoms with E-state index in [0.29, 0.717) is 4.47 Å². The van der Waals surface area contributed by atoms with Gasteiger partial charge in [0.15, 0.2) is 0 Å². The first kappa shape index (κ1) is 17.5. The molecular weight excluding hydrogens is 344 g/mol. The van der Waals surface area contributed by atoms with Crippen LogP contribution in [0.15, 0.2) is 15.5 Å². The fourth-order valence-electron chi connectivity index (χ4n) is 3.29. The zero-order chi connectivity index (χ0) is 16.1. The summed E-state index contributed by atoms with van der Waals surface area (Å²) in [5.74, 6) is 1.65. The maximum atomic E-state index is 11.8. The van der Waals surface area contributed by atoms with Gasteiger partial charge in [0.05, 0.1) is 11.9 Å². The summed E-state index contributed by atoms with van der Waals surface area (Å²) in [4.78, 5) is 14.3. The molecule has 0 aromatic carbocycles. The molecule has 0 bridgehead atoms. The Morgan fingerprint density at radius 3 is 2.68 bits per heavy atom. The van der Waals surface area contributed by atoms with E-state index in [9.17, 15) is 4.79 Å². The van der Waals surface area contributed by atoms with E-state index in [1.54, 1.807) is 13.2 Å². The number of aryl methyl sites for hydroxylation is 1. The van der Waals surface area contributed by atoms with E-state index in [2.05, 4.69) is 45.1 Å². The smallest absolute Gasteiger partial charge is 0.282 e. The molecule has 2 atom stereocenters. The molecule has 1 aromatic heterocycles. The second kappa shape index (κ2) is 8.11. The number of nitrogens with one attached hydrogen (secondary N) is 1. The number of aromatic nitrogens is 2. The summed E-state index contributed by atoms with van der Waals surface area (Å²) in [6.07, 6.45) is 5.34. The van der Waals surface area contributed by atoms with E-state index >= 15 is 0 Å². The lowest BCUT2D eigenvalue weighted by molar-refractivity contribution is 0.139. The quantitative estimate of drug-likeness (QED) is 0.782. The number of halogens is 1. The van der Waals surface area contributed by atoms with Crippen LogP contribution in [0.5, 0.6) is 0 Å². The molecular formula is C16H27BrN4O. The third-order valence-electron chi connectivity index (χ3n) is 4.24.